The number of nitrogens with zero attached hydrogens (tertiary/aromatic N) is 1. The lowest BCUT2D eigenvalue weighted by Gasteiger charge is -2.31. The normalized spacial score (nSPS) is 34.2. The van der Waals surface area contributed by atoms with E-state index < -0.39 is 0 Å². The van der Waals surface area contributed by atoms with Gasteiger partial charge in [-0.05, 0) is 51.9 Å². The monoisotopic (exact) mass is 211 g/mol. The van der Waals surface area contributed by atoms with Crippen LogP contribution in [0.3, 0.4) is 0 Å². The highest BCUT2D eigenvalue weighted by molar-refractivity contribution is 4.87. The minimum Gasteiger partial charge on any atom is -0.319 e. The van der Waals surface area contributed by atoms with Crippen LogP contribution in [0.25, 0.3) is 0 Å². The van der Waals surface area contributed by atoms with Gasteiger partial charge in [-0.2, -0.15) is 0 Å². The number of hydrogen-bond acceptors (Lipinski definition) is 3. The molecule has 1 saturated heterocycles. The third-order valence-electron chi connectivity index (χ3n) is 3.93. The Morgan fingerprint density at radius 2 is 2.13 bits per heavy atom. The van der Waals surface area contributed by atoms with E-state index in [1.807, 2.05) is 0 Å². The molecule has 3 nitrogen and oxygen atoms in total. The maximum Gasteiger partial charge on any atom is 0.0136 e. The Balaban J connectivity index is 1.89. The Labute approximate surface area is 93.6 Å². The van der Waals surface area contributed by atoms with E-state index in [9.17, 15) is 0 Å². The summed E-state index contributed by atoms with van der Waals surface area (Å²) in [5.41, 5.74) is 0. The molecule has 15 heavy (non-hydrogen) atoms. The molecule has 3 heteroatoms. The molecule has 1 aliphatic heterocycles. The van der Waals surface area contributed by atoms with Crippen molar-refractivity contribution < 1.29 is 0 Å². The highest BCUT2D eigenvalue weighted by Crippen LogP contribution is 2.29. The van der Waals surface area contributed by atoms with Crippen LogP contribution in [-0.2, 0) is 0 Å². The minimum atomic E-state index is 0.859. The second-order valence-corrected chi connectivity index (χ2v) is 4.96. The van der Waals surface area contributed by atoms with Gasteiger partial charge in [0.05, 0.1) is 0 Å². The van der Waals surface area contributed by atoms with Crippen LogP contribution in [0.2, 0.25) is 0 Å². The van der Waals surface area contributed by atoms with Gasteiger partial charge in [0.1, 0.15) is 0 Å². The molecule has 0 aromatic carbocycles. The molecule has 2 fully saturated rings. The fraction of sp³-hybridized carbons (Fsp3) is 1.00. The fourth-order valence-corrected chi connectivity index (χ4v) is 3.20. The molecule has 0 radical (unpaired) electrons. The van der Waals surface area contributed by atoms with E-state index in [1.165, 1.54) is 58.4 Å². The first-order chi connectivity index (χ1) is 7.42. The van der Waals surface area contributed by atoms with E-state index in [2.05, 4.69) is 22.6 Å². The van der Waals surface area contributed by atoms with Crippen LogP contribution in [0, 0.1) is 5.92 Å². The second-order valence-electron chi connectivity index (χ2n) is 4.96. The Morgan fingerprint density at radius 1 is 1.20 bits per heavy atom. The van der Waals surface area contributed by atoms with Crippen LogP contribution in [0.15, 0.2) is 0 Å². The van der Waals surface area contributed by atoms with Gasteiger partial charge in [-0.25, -0.2) is 0 Å². The molecule has 0 amide bonds. The van der Waals surface area contributed by atoms with Crippen molar-refractivity contribution in [1.82, 2.24) is 15.5 Å². The molecular weight excluding hydrogens is 186 g/mol. The molecule has 2 aliphatic rings. The topological polar surface area (TPSA) is 27.3 Å². The first-order valence-corrected chi connectivity index (χ1v) is 6.51. The summed E-state index contributed by atoms with van der Waals surface area (Å²) in [7, 11) is 2.08. The van der Waals surface area contributed by atoms with Gasteiger partial charge in [0.25, 0.3) is 0 Å². The first-order valence-electron chi connectivity index (χ1n) is 6.51. The van der Waals surface area contributed by atoms with Crippen LogP contribution >= 0.6 is 0 Å². The summed E-state index contributed by atoms with van der Waals surface area (Å²) in [6, 6.07) is 0.859. The summed E-state index contributed by atoms with van der Waals surface area (Å²) in [5, 5.41) is 6.84. The van der Waals surface area contributed by atoms with Gasteiger partial charge in [0.2, 0.25) is 0 Å². The van der Waals surface area contributed by atoms with E-state index in [0.717, 1.165) is 12.0 Å². The zero-order chi connectivity index (χ0) is 10.5. The number of rotatable bonds is 3. The summed E-state index contributed by atoms with van der Waals surface area (Å²) in [6.07, 6.45) is 5.60. The largest absolute Gasteiger partial charge is 0.319 e. The quantitative estimate of drug-likeness (QED) is 0.718. The molecule has 1 heterocycles. The van der Waals surface area contributed by atoms with Crippen molar-refractivity contribution in [1.29, 1.82) is 0 Å². The van der Waals surface area contributed by atoms with Crippen LogP contribution in [0.1, 0.15) is 25.7 Å². The van der Waals surface area contributed by atoms with Crippen molar-refractivity contribution >= 4 is 0 Å². The molecule has 0 aromatic rings. The summed E-state index contributed by atoms with van der Waals surface area (Å²) in [4.78, 5) is 2.73. The van der Waals surface area contributed by atoms with Gasteiger partial charge in [0, 0.05) is 19.1 Å². The van der Waals surface area contributed by atoms with Crippen LogP contribution in [0.5, 0.6) is 0 Å². The molecule has 0 bridgehead atoms. The first kappa shape index (κ1) is 11.4. The van der Waals surface area contributed by atoms with Gasteiger partial charge >= 0.3 is 0 Å². The summed E-state index contributed by atoms with van der Waals surface area (Å²) in [5.74, 6) is 0.896. The third-order valence-corrected chi connectivity index (χ3v) is 3.93. The molecule has 2 atom stereocenters. The van der Waals surface area contributed by atoms with Gasteiger partial charge in [0.15, 0.2) is 0 Å². The lowest BCUT2D eigenvalue weighted by Crippen LogP contribution is -2.42. The number of nitrogens with one attached hydrogen (secondary N) is 2. The highest BCUT2D eigenvalue weighted by atomic mass is 15.2. The zero-order valence-electron chi connectivity index (χ0n) is 9.97. The maximum atomic E-state index is 3.49. The van der Waals surface area contributed by atoms with Crippen molar-refractivity contribution in [2.24, 2.45) is 5.92 Å². The Kier molecular flexibility index (Phi) is 4.42. The molecule has 2 N–H and O–H groups in total. The van der Waals surface area contributed by atoms with Crippen molar-refractivity contribution in [3.63, 3.8) is 0 Å². The van der Waals surface area contributed by atoms with Crippen molar-refractivity contribution in [3.8, 4) is 0 Å². The van der Waals surface area contributed by atoms with Gasteiger partial charge in [-0.3, -0.25) is 4.90 Å². The number of hydrogen-bond donors (Lipinski definition) is 2. The predicted molar refractivity (Wildman–Crippen MR) is 64.1 cm³/mol. The second kappa shape index (κ2) is 5.83. The van der Waals surface area contributed by atoms with Gasteiger partial charge in [-0.15, -0.1) is 0 Å². The molecule has 0 aromatic heterocycles. The Hall–Kier alpha value is -0.120. The molecular formula is C12H25N3. The van der Waals surface area contributed by atoms with E-state index in [-0.39, 0.29) is 0 Å². The third kappa shape index (κ3) is 2.92. The fourth-order valence-electron chi connectivity index (χ4n) is 3.20. The molecule has 2 rings (SSSR count). The summed E-state index contributed by atoms with van der Waals surface area (Å²) in [6.45, 7) is 6.15. The van der Waals surface area contributed by atoms with Crippen LogP contribution in [-0.4, -0.2) is 50.7 Å². The lowest BCUT2D eigenvalue weighted by atomic mass is 10.0. The molecule has 1 saturated carbocycles. The molecule has 0 spiro atoms. The van der Waals surface area contributed by atoms with Crippen molar-refractivity contribution in [2.75, 3.05) is 39.8 Å². The predicted octanol–water partition coefficient (Wildman–Crippen LogP) is 0.670. The van der Waals surface area contributed by atoms with E-state index in [0.29, 0.717) is 0 Å². The molecule has 2 unspecified atom stereocenters. The minimum absolute atomic E-state index is 0.859. The lowest BCUT2D eigenvalue weighted by molar-refractivity contribution is 0.169. The van der Waals surface area contributed by atoms with Gasteiger partial charge < -0.3 is 10.6 Å². The smallest absolute Gasteiger partial charge is 0.0136 e. The zero-order valence-corrected chi connectivity index (χ0v) is 9.97. The van der Waals surface area contributed by atoms with E-state index in [1.54, 1.807) is 0 Å². The molecule has 1 aliphatic carbocycles. The van der Waals surface area contributed by atoms with E-state index >= 15 is 0 Å². The molecule has 88 valence electrons. The van der Waals surface area contributed by atoms with Crippen molar-refractivity contribution in [2.45, 2.75) is 31.7 Å². The standard InChI is InChI=1S/C12H25N3/c1-13-10-11-4-2-5-12(11)15-8-3-6-14-7-9-15/h11-14H,2-10H2,1H3. The SMILES string of the molecule is CNCC1CCCC1N1CCCNCC1. The van der Waals surface area contributed by atoms with Crippen LogP contribution in [0.4, 0.5) is 0 Å². The van der Waals surface area contributed by atoms with Gasteiger partial charge in [-0.1, -0.05) is 6.42 Å². The maximum absolute atomic E-state index is 3.49. The average molecular weight is 211 g/mol. The van der Waals surface area contributed by atoms with Crippen LogP contribution < -0.4 is 10.6 Å². The average Bonchev–Trinajstić information content (AvgIpc) is 2.53. The van der Waals surface area contributed by atoms with E-state index in [4.69, 9.17) is 0 Å². The Bertz CT molecular complexity index is 176. The van der Waals surface area contributed by atoms with Crippen molar-refractivity contribution in [3.05, 3.63) is 0 Å². The summed E-state index contributed by atoms with van der Waals surface area (Å²) >= 11 is 0. The Morgan fingerprint density at radius 3 is 3.00 bits per heavy atom. The highest BCUT2D eigenvalue weighted by Gasteiger charge is 2.31. The summed E-state index contributed by atoms with van der Waals surface area (Å²) < 4.78 is 0.